The Kier molecular flexibility index (Phi) is 1.83. The second-order valence-corrected chi connectivity index (χ2v) is 3.38. The number of nitrogens with two attached hydrogens (primary N) is 1. The van der Waals surface area contributed by atoms with E-state index in [0.717, 1.165) is 16.9 Å². The molecule has 5 heteroatoms. The summed E-state index contributed by atoms with van der Waals surface area (Å²) >= 11 is 0. The lowest BCUT2D eigenvalue weighted by Gasteiger charge is -1.98. The van der Waals surface area contributed by atoms with Gasteiger partial charge in [0.2, 0.25) is 5.95 Å². The van der Waals surface area contributed by atoms with Crippen LogP contribution in [0.5, 0.6) is 0 Å². The van der Waals surface area contributed by atoms with Crippen LogP contribution >= 0.6 is 0 Å². The number of rotatable bonds is 1. The second kappa shape index (κ2) is 3.30. The molecule has 0 aliphatic carbocycles. The number of anilines is 1. The zero-order valence-corrected chi connectivity index (χ0v) is 8.41. The van der Waals surface area contributed by atoms with Crippen LogP contribution in [0.15, 0.2) is 43.0 Å². The molecular formula is C11H9N5. The first-order valence-corrected chi connectivity index (χ1v) is 4.85. The van der Waals surface area contributed by atoms with Crippen molar-refractivity contribution < 1.29 is 0 Å². The summed E-state index contributed by atoms with van der Waals surface area (Å²) in [5, 5.41) is 0. The Morgan fingerprint density at radius 1 is 1.00 bits per heavy atom. The van der Waals surface area contributed by atoms with Crippen molar-refractivity contribution in [2.45, 2.75) is 0 Å². The minimum Gasteiger partial charge on any atom is -0.369 e. The highest BCUT2D eigenvalue weighted by atomic mass is 15.2. The van der Waals surface area contributed by atoms with Gasteiger partial charge in [0.25, 0.3) is 0 Å². The Morgan fingerprint density at radius 3 is 2.62 bits per heavy atom. The van der Waals surface area contributed by atoms with Crippen LogP contribution in [0.25, 0.3) is 16.9 Å². The fourth-order valence-corrected chi connectivity index (χ4v) is 1.64. The van der Waals surface area contributed by atoms with Crippen LogP contribution in [0.2, 0.25) is 0 Å². The van der Waals surface area contributed by atoms with E-state index in [1.807, 2.05) is 30.3 Å². The third-order valence-electron chi connectivity index (χ3n) is 2.41. The van der Waals surface area contributed by atoms with Gasteiger partial charge in [-0.2, -0.15) is 0 Å². The van der Waals surface area contributed by atoms with Crippen molar-refractivity contribution in [3.8, 4) is 11.3 Å². The Balaban J connectivity index is 2.30. The van der Waals surface area contributed by atoms with E-state index in [0.29, 0.717) is 5.95 Å². The predicted molar refractivity (Wildman–Crippen MR) is 60.6 cm³/mol. The first-order chi connectivity index (χ1) is 7.86. The quantitative estimate of drug-likeness (QED) is 0.660. The average molecular weight is 211 g/mol. The van der Waals surface area contributed by atoms with Crippen LogP contribution in [0, 0.1) is 0 Å². The fourth-order valence-electron chi connectivity index (χ4n) is 1.64. The van der Waals surface area contributed by atoms with E-state index in [1.165, 1.54) is 6.33 Å². The molecule has 5 nitrogen and oxygen atoms in total. The van der Waals surface area contributed by atoms with Crippen molar-refractivity contribution >= 4 is 11.6 Å². The maximum absolute atomic E-state index is 5.72. The van der Waals surface area contributed by atoms with Crippen molar-refractivity contribution in [2.24, 2.45) is 0 Å². The zero-order chi connectivity index (χ0) is 11.0. The van der Waals surface area contributed by atoms with E-state index in [2.05, 4.69) is 15.0 Å². The van der Waals surface area contributed by atoms with Crippen LogP contribution in [-0.4, -0.2) is 19.4 Å². The normalized spacial score (nSPS) is 10.8. The molecule has 2 aromatic heterocycles. The van der Waals surface area contributed by atoms with Crippen molar-refractivity contribution in [1.82, 2.24) is 19.4 Å². The zero-order valence-electron chi connectivity index (χ0n) is 8.41. The first kappa shape index (κ1) is 8.84. The van der Waals surface area contributed by atoms with E-state index in [4.69, 9.17) is 5.73 Å². The van der Waals surface area contributed by atoms with Crippen LogP contribution in [0.4, 0.5) is 5.95 Å². The Hall–Kier alpha value is -2.43. The molecule has 1 aromatic carbocycles. The van der Waals surface area contributed by atoms with Crippen LogP contribution in [0.3, 0.4) is 0 Å². The monoisotopic (exact) mass is 211 g/mol. The van der Waals surface area contributed by atoms with E-state index in [-0.39, 0.29) is 0 Å². The lowest BCUT2D eigenvalue weighted by atomic mass is 10.2. The van der Waals surface area contributed by atoms with Gasteiger partial charge in [-0.25, -0.2) is 15.0 Å². The molecule has 0 spiro atoms. The maximum Gasteiger partial charge on any atom is 0.208 e. The van der Waals surface area contributed by atoms with Gasteiger partial charge in [-0.1, -0.05) is 30.3 Å². The standard InChI is InChI=1S/C11H9N5/c12-11-14-6-13-10-9(15-7-16(10)11)8-4-2-1-3-5-8/h1-7H,(H2,12,13,14). The predicted octanol–water partition coefficient (Wildman–Crippen LogP) is 1.37. The molecule has 0 amide bonds. The van der Waals surface area contributed by atoms with Crippen LogP contribution < -0.4 is 5.73 Å². The number of nitrogens with zero attached hydrogens (tertiary/aromatic N) is 4. The molecule has 0 aliphatic heterocycles. The summed E-state index contributed by atoms with van der Waals surface area (Å²) in [4.78, 5) is 12.4. The third kappa shape index (κ3) is 1.22. The molecule has 0 bridgehead atoms. The van der Waals surface area contributed by atoms with Gasteiger partial charge in [0.05, 0.1) is 0 Å². The molecule has 16 heavy (non-hydrogen) atoms. The highest BCUT2D eigenvalue weighted by molar-refractivity contribution is 5.74. The summed E-state index contributed by atoms with van der Waals surface area (Å²) < 4.78 is 1.67. The number of nitrogen functional groups attached to an aromatic ring is 1. The van der Waals surface area contributed by atoms with Crippen molar-refractivity contribution in [3.05, 3.63) is 43.0 Å². The summed E-state index contributed by atoms with van der Waals surface area (Å²) in [6, 6.07) is 9.86. The number of hydrogen-bond acceptors (Lipinski definition) is 4. The SMILES string of the molecule is Nc1ncnc2c(-c3ccccc3)ncn12. The number of hydrogen-bond donors (Lipinski definition) is 1. The molecular weight excluding hydrogens is 202 g/mol. The molecule has 0 saturated heterocycles. The minimum absolute atomic E-state index is 0.389. The molecule has 0 saturated carbocycles. The molecule has 0 aliphatic rings. The topological polar surface area (TPSA) is 69.1 Å². The van der Waals surface area contributed by atoms with Gasteiger partial charge < -0.3 is 5.73 Å². The molecule has 2 heterocycles. The lowest BCUT2D eigenvalue weighted by Crippen LogP contribution is -2.00. The Bertz CT molecular complexity index is 629. The number of aromatic nitrogens is 4. The van der Waals surface area contributed by atoms with Gasteiger partial charge in [0, 0.05) is 5.56 Å². The largest absolute Gasteiger partial charge is 0.369 e. The number of imidazole rings is 1. The Labute approximate surface area is 91.6 Å². The maximum atomic E-state index is 5.72. The Morgan fingerprint density at radius 2 is 1.81 bits per heavy atom. The fraction of sp³-hybridized carbons (Fsp3) is 0. The first-order valence-electron chi connectivity index (χ1n) is 4.85. The van der Waals surface area contributed by atoms with Crippen molar-refractivity contribution in [3.63, 3.8) is 0 Å². The molecule has 2 N–H and O–H groups in total. The minimum atomic E-state index is 0.389. The lowest BCUT2D eigenvalue weighted by molar-refractivity contribution is 1.03. The molecule has 3 aromatic rings. The van der Waals surface area contributed by atoms with E-state index in [1.54, 1.807) is 10.7 Å². The van der Waals surface area contributed by atoms with Crippen molar-refractivity contribution in [1.29, 1.82) is 0 Å². The smallest absolute Gasteiger partial charge is 0.208 e. The highest BCUT2D eigenvalue weighted by Crippen LogP contribution is 2.21. The van der Waals surface area contributed by atoms with Gasteiger partial charge in [-0.05, 0) is 0 Å². The number of fused-ring (bicyclic) bond motifs is 1. The van der Waals surface area contributed by atoms with E-state index < -0.39 is 0 Å². The molecule has 0 atom stereocenters. The van der Waals surface area contributed by atoms with E-state index in [9.17, 15) is 0 Å². The van der Waals surface area contributed by atoms with Crippen molar-refractivity contribution in [2.75, 3.05) is 5.73 Å². The second-order valence-electron chi connectivity index (χ2n) is 3.38. The van der Waals surface area contributed by atoms with Gasteiger partial charge in [0.1, 0.15) is 18.3 Å². The summed E-state index contributed by atoms with van der Waals surface area (Å²) in [7, 11) is 0. The van der Waals surface area contributed by atoms with Gasteiger partial charge >= 0.3 is 0 Å². The average Bonchev–Trinajstić information content (AvgIpc) is 2.75. The molecule has 78 valence electrons. The summed E-state index contributed by atoms with van der Waals surface area (Å²) in [5.74, 6) is 0.389. The summed E-state index contributed by atoms with van der Waals surface area (Å²) in [6.45, 7) is 0. The molecule has 0 fully saturated rings. The van der Waals surface area contributed by atoms with Gasteiger partial charge in [-0.15, -0.1) is 0 Å². The van der Waals surface area contributed by atoms with Crippen LogP contribution in [-0.2, 0) is 0 Å². The summed E-state index contributed by atoms with van der Waals surface area (Å²) in [5.41, 5.74) is 8.27. The van der Waals surface area contributed by atoms with Gasteiger partial charge in [0.15, 0.2) is 5.65 Å². The molecule has 0 unspecified atom stereocenters. The number of benzene rings is 1. The molecule has 0 radical (unpaired) electrons. The van der Waals surface area contributed by atoms with Crippen LogP contribution in [0.1, 0.15) is 0 Å². The third-order valence-corrected chi connectivity index (χ3v) is 2.41. The molecule has 3 rings (SSSR count). The summed E-state index contributed by atoms with van der Waals surface area (Å²) in [6.07, 6.45) is 3.08. The highest BCUT2D eigenvalue weighted by Gasteiger charge is 2.09. The van der Waals surface area contributed by atoms with E-state index >= 15 is 0 Å². The van der Waals surface area contributed by atoms with Gasteiger partial charge in [-0.3, -0.25) is 4.40 Å².